The number of guanidine groups is 1. The van der Waals surface area contributed by atoms with Crippen molar-refractivity contribution in [1.82, 2.24) is 29.9 Å². The maximum atomic E-state index is 5.45. The van der Waals surface area contributed by atoms with Crippen LogP contribution in [0.2, 0.25) is 0 Å². The van der Waals surface area contributed by atoms with Crippen LogP contribution in [0.25, 0.3) is 0 Å². The minimum absolute atomic E-state index is 0.537. The number of hydrogen-bond acceptors (Lipinski definition) is 5. The molecule has 168 valence electrons. The van der Waals surface area contributed by atoms with Gasteiger partial charge in [-0.2, -0.15) is 0 Å². The molecule has 4 rings (SSSR count). The zero-order chi connectivity index (χ0) is 21.5. The van der Waals surface area contributed by atoms with Crippen molar-refractivity contribution < 1.29 is 4.74 Å². The van der Waals surface area contributed by atoms with Gasteiger partial charge in [0.2, 0.25) is 0 Å². The van der Waals surface area contributed by atoms with Crippen LogP contribution >= 0.6 is 0 Å². The first-order valence-electron chi connectivity index (χ1n) is 11.4. The van der Waals surface area contributed by atoms with Gasteiger partial charge in [-0.1, -0.05) is 30.3 Å². The van der Waals surface area contributed by atoms with E-state index in [1.54, 1.807) is 0 Å². The van der Waals surface area contributed by atoms with Gasteiger partial charge in [-0.15, -0.1) is 10.2 Å². The summed E-state index contributed by atoms with van der Waals surface area (Å²) in [4.78, 5) is 9.81. The number of ether oxygens (including phenoxy) is 1. The molecule has 8 nitrogen and oxygen atoms in total. The summed E-state index contributed by atoms with van der Waals surface area (Å²) in [5.41, 5.74) is 1.42. The third-order valence-electron chi connectivity index (χ3n) is 6.35. The Hall–Kier alpha value is -2.45. The lowest BCUT2D eigenvalue weighted by atomic mass is 9.99. The van der Waals surface area contributed by atoms with E-state index in [2.05, 4.69) is 55.6 Å². The van der Waals surface area contributed by atoms with Crippen molar-refractivity contribution in [3.05, 3.63) is 47.5 Å². The number of morpholine rings is 1. The highest BCUT2D eigenvalue weighted by molar-refractivity contribution is 5.80. The highest BCUT2D eigenvalue weighted by Gasteiger charge is 2.26. The second kappa shape index (κ2) is 10.7. The highest BCUT2D eigenvalue weighted by atomic mass is 16.5. The van der Waals surface area contributed by atoms with Crippen LogP contribution in [0.15, 0.2) is 35.3 Å². The van der Waals surface area contributed by atoms with E-state index in [0.29, 0.717) is 12.5 Å². The van der Waals surface area contributed by atoms with Gasteiger partial charge < -0.3 is 19.5 Å². The summed E-state index contributed by atoms with van der Waals surface area (Å²) in [6.07, 6.45) is 2.25. The molecule has 8 heteroatoms. The fourth-order valence-electron chi connectivity index (χ4n) is 4.28. The molecule has 0 radical (unpaired) electrons. The van der Waals surface area contributed by atoms with Crippen molar-refractivity contribution in [1.29, 1.82) is 0 Å². The summed E-state index contributed by atoms with van der Waals surface area (Å²) in [5.74, 6) is 3.35. The SMILES string of the molecule is Cc1nnc(CN=C(NCCCN2CCOCC2)N2CCC(c3ccccc3)C2)n1C. The Balaban J connectivity index is 1.37. The molecule has 0 amide bonds. The van der Waals surface area contributed by atoms with E-state index in [4.69, 9.17) is 9.73 Å². The molecule has 0 aliphatic carbocycles. The summed E-state index contributed by atoms with van der Waals surface area (Å²) in [6.45, 7) is 10.3. The van der Waals surface area contributed by atoms with E-state index < -0.39 is 0 Å². The number of hydrogen-bond donors (Lipinski definition) is 1. The largest absolute Gasteiger partial charge is 0.379 e. The second-order valence-electron chi connectivity index (χ2n) is 8.44. The maximum Gasteiger partial charge on any atom is 0.194 e. The topological polar surface area (TPSA) is 70.8 Å². The lowest BCUT2D eigenvalue weighted by Gasteiger charge is -2.27. The fraction of sp³-hybridized carbons (Fsp3) is 0.609. The molecular weight excluding hydrogens is 390 g/mol. The average molecular weight is 426 g/mol. The molecule has 1 unspecified atom stereocenters. The molecule has 1 aromatic heterocycles. The lowest BCUT2D eigenvalue weighted by molar-refractivity contribution is 0.0375. The summed E-state index contributed by atoms with van der Waals surface area (Å²) in [6, 6.07) is 10.8. The van der Waals surface area contributed by atoms with Crippen molar-refractivity contribution in [2.24, 2.45) is 12.0 Å². The third kappa shape index (κ3) is 5.83. The number of nitrogens with one attached hydrogen (secondary N) is 1. The Morgan fingerprint density at radius 2 is 1.97 bits per heavy atom. The molecule has 1 aromatic carbocycles. The van der Waals surface area contributed by atoms with Gasteiger partial charge in [0.15, 0.2) is 11.8 Å². The van der Waals surface area contributed by atoms with Gasteiger partial charge in [0.1, 0.15) is 12.4 Å². The number of nitrogens with zero attached hydrogens (tertiary/aromatic N) is 6. The molecule has 0 spiro atoms. The van der Waals surface area contributed by atoms with Crippen LogP contribution in [-0.2, 0) is 18.3 Å². The quantitative estimate of drug-likeness (QED) is 0.414. The van der Waals surface area contributed by atoms with Crippen molar-refractivity contribution in [2.75, 3.05) is 52.5 Å². The summed E-state index contributed by atoms with van der Waals surface area (Å²) in [7, 11) is 2.00. The summed E-state index contributed by atoms with van der Waals surface area (Å²) < 4.78 is 7.46. The normalized spacial score (nSPS) is 20.4. The molecule has 3 heterocycles. The highest BCUT2D eigenvalue weighted by Crippen LogP contribution is 2.27. The minimum Gasteiger partial charge on any atom is -0.379 e. The first kappa shape index (κ1) is 21.8. The molecule has 1 N–H and O–H groups in total. The monoisotopic (exact) mass is 425 g/mol. The van der Waals surface area contributed by atoms with Crippen LogP contribution in [0, 0.1) is 6.92 Å². The first-order chi connectivity index (χ1) is 15.2. The number of benzene rings is 1. The number of rotatable bonds is 7. The van der Waals surface area contributed by atoms with Crippen molar-refractivity contribution in [3.63, 3.8) is 0 Å². The van der Waals surface area contributed by atoms with Crippen molar-refractivity contribution in [3.8, 4) is 0 Å². The van der Waals surface area contributed by atoms with E-state index in [9.17, 15) is 0 Å². The summed E-state index contributed by atoms with van der Waals surface area (Å²) in [5, 5.41) is 12.1. The van der Waals surface area contributed by atoms with Crippen LogP contribution < -0.4 is 5.32 Å². The average Bonchev–Trinajstić information content (AvgIpc) is 3.42. The maximum absolute atomic E-state index is 5.45. The van der Waals surface area contributed by atoms with Gasteiger partial charge in [0, 0.05) is 45.7 Å². The van der Waals surface area contributed by atoms with E-state index in [0.717, 1.165) is 82.9 Å². The van der Waals surface area contributed by atoms with E-state index in [1.807, 2.05) is 18.5 Å². The molecule has 0 bridgehead atoms. The van der Waals surface area contributed by atoms with Crippen LogP contribution in [-0.4, -0.2) is 83.0 Å². The van der Waals surface area contributed by atoms with Crippen LogP contribution in [0.5, 0.6) is 0 Å². The Labute approximate surface area is 185 Å². The standard InChI is InChI=1S/C23H35N7O/c1-19-26-27-22(28(19)2)17-25-23(24-10-6-11-29-13-15-31-16-14-29)30-12-9-21(18-30)20-7-4-3-5-8-20/h3-5,7-8,21H,6,9-18H2,1-2H3,(H,24,25). The van der Waals surface area contributed by atoms with E-state index in [1.165, 1.54) is 5.56 Å². The van der Waals surface area contributed by atoms with Crippen LogP contribution in [0.4, 0.5) is 0 Å². The predicted octanol–water partition coefficient (Wildman–Crippen LogP) is 1.78. The third-order valence-corrected chi connectivity index (χ3v) is 6.35. The molecule has 0 saturated carbocycles. The molecule has 2 aliphatic rings. The number of aromatic nitrogens is 3. The van der Waals surface area contributed by atoms with E-state index >= 15 is 0 Å². The smallest absolute Gasteiger partial charge is 0.194 e. The first-order valence-corrected chi connectivity index (χ1v) is 11.4. The van der Waals surface area contributed by atoms with Gasteiger partial charge in [0.05, 0.1) is 13.2 Å². The van der Waals surface area contributed by atoms with Crippen LogP contribution in [0.3, 0.4) is 0 Å². The zero-order valence-electron chi connectivity index (χ0n) is 18.8. The molecule has 2 aromatic rings. The van der Waals surface area contributed by atoms with E-state index in [-0.39, 0.29) is 0 Å². The minimum atomic E-state index is 0.537. The Morgan fingerprint density at radius 1 is 1.16 bits per heavy atom. The Bertz CT molecular complexity index is 845. The predicted molar refractivity (Wildman–Crippen MR) is 122 cm³/mol. The van der Waals surface area contributed by atoms with Gasteiger partial charge in [-0.05, 0) is 31.9 Å². The zero-order valence-corrected chi connectivity index (χ0v) is 18.8. The molecule has 31 heavy (non-hydrogen) atoms. The Kier molecular flexibility index (Phi) is 7.53. The van der Waals surface area contributed by atoms with Gasteiger partial charge in [-0.3, -0.25) is 4.90 Å². The molecule has 1 atom stereocenters. The Morgan fingerprint density at radius 3 is 2.71 bits per heavy atom. The number of likely N-dealkylation sites (tertiary alicyclic amines) is 1. The van der Waals surface area contributed by atoms with Crippen LogP contribution in [0.1, 0.15) is 36.0 Å². The summed E-state index contributed by atoms with van der Waals surface area (Å²) >= 11 is 0. The molecule has 2 fully saturated rings. The fourth-order valence-corrected chi connectivity index (χ4v) is 4.28. The van der Waals surface area contributed by atoms with Crippen molar-refractivity contribution >= 4 is 5.96 Å². The van der Waals surface area contributed by atoms with Gasteiger partial charge in [-0.25, -0.2) is 4.99 Å². The number of aliphatic imine (C=N–C) groups is 1. The number of aryl methyl sites for hydroxylation is 1. The molecule has 2 aliphatic heterocycles. The van der Waals surface area contributed by atoms with Crippen molar-refractivity contribution in [2.45, 2.75) is 32.2 Å². The molecular formula is C23H35N7O. The second-order valence-corrected chi connectivity index (χ2v) is 8.44. The molecule has 2 saturated heterocycles. The lowest BCUT2D eigenvalue weighted by Crippen LogP contribution is -2.42. The van der Waals surface area contributed by atoms with Gasteiger partial charge in [0.25, 0.3) is 0 Å². The van der Waals surface area contributed by atoms with Gasteiger partial charge >= 0.3 is 0 Å².